The fourth-order valence-electron chi connectivity index (χ4n) is 3.03. The van der Waals surface area contributed by atoms with Gasteiger partial charge in [-0.25, -0.2) is 12.8 Å². The molecule has 0 fully saturated rings. The maximum atomic E-state index is 13.2. The molecule has 0 bridgehead atoms. The van der Waals surface area contributed by atoms with Gasteiger partial charge in [-0.05, 0) is 60.9 Å². The van der Waals surface area contributed by atoms with Crippen molar-refractivity contribution in [3.05, 3.63) is 94.2 Å². The molecule has 168 valence electrons. The summed E-state index contributed by atoms with van der Waals surface area (Å²) in [4.78, 5) is 12.6. The van der Waals surface area contributed by atoms with Gasteiger partial charge in [0.05, 0.1) is 20.6 Å². The largest absolute Gasteiger partial charge is 0.355 e. The van der Waals surface area contributed by atoms with E-state index in [0.717, 1.165) is 9.87 Å². The second-order valence-corrected chi connectivity index (χ2v) is 9.68. The zero-order valence-electron chi connectivity index (χ0n) is 17.0. The minimum Gasteiger partial charge on any atom is -0.355 e. The monoisotopic (exact) mass is 494 g/mol. The maximum Gasteiger partial charge on any atom is 0.264 e. The van der Waals surface area contributed by atoms with Gasteiger partial charge in [-0.1, -0.05) is 53.5 Å². The highest BCUT2D eigenvalue weighted by Gasteiger charge is 2.27. The van der Waals surface area contributed by atoms with Crippen LogP contribution in [0.1, 0.15) is 12.0 Å². The van der Waals surface area contributed by atoms with Crippen LogP contribution in [0.4, 0.5) is 10.1 Å². The van der Waals surface area contributed by atoms with Crippen molar-refractivity contribution in [2.24, 2.45) is 0 Å². The SMILES string of the molecule is O=C(CN(c1ccc(Cl)c(Cl)c1)S(=O)(=O)c1ccccc1)NCCCc1ccc(F)cc1. The second kappa shape index (κ2) is 10.8. The minimum absolute atomic E-state index is 0.0511. The highest BCUT2D eigenvalue weighted by atomic mass is 35.5. The van der Waals surface area contributed by atoms with Crippen LogP contribution in [-0.4, -0.2) is 27.4 Å². The summed E-state index contributed by atoms with van der Waals surface area (Å²) < 4.78 is 40.5. The van der Waals surface area contributed by atoms with Gasteiger partial charge in [-0.2, -0.15) is 0 Å². The number of benzene rings is 3. The lowest BCUT2D eigenvalue weighted by Crippen LogP contribution is -2.41. The second-order valence-electron chi connectivity index (χ2n) is 7.00. The number of amides is 1. The van der Waals surface area contributed by atoms with Crippen LogP contribution in [0.25, 0.3) is 0 Å². The van der Waals surface area contributed by atoms with E-state index in [0.29, 0.717) is 19.4 Å². The Balaban J connectivity index is 1.71. The first-order chi connectivity index (χ1) is 15.3. The molecule has 32 heavy (non-hydrogen) atoms. The molecule has 0 aliphatic heterocycles. The maximum absolute atomic E-state index is 13.2. The summed E-state index contributed by atoms with van der Waals surface area (Å²) in [5.74, 6) is -0.765. The zero-order chi connectivity index (χ0) is 23.1. The van der Waals surface area contributed by atoms with Crippen molar-refractivity contribution < 1.29 is 17.6 Å². The standard InChI is InChI=1S/C23H21Cl2FN2O3S/c24-21-13-12-19(15-22(21)25)28(32(30,31)20-6-2-1-3-7-20)16-23(29)27-14-4-5-17-8-10-18(26)11-9-17/h1-3,6-13,15H,4-5,14,16H2,(H,27,29). The Morgan fingerprint density at radius 2 is 1.62 bits per heavy atom. The molecule has 0 unspecified atom stereocenters. The Labute approximate surface area is 196 Å². The number of sulfonamides is 1. The minimum atomic E-state index is -4.02. The van der Waals surface area contributed by atoms with Gasteiger partial charge < -0.3 is 5.32 Å². The molecule has 3 aromatic carbocycles. The Morgan fingerprint density at radius 3 is 2.28 bits per heavy atom. The summed E-state index contributed by atoms with van der Waals surface area (Å²) in [7, 11) is -4.02. The molecular formula is C23H21Cl2FN2O3S. The van der Waals surface area contributed by atoms with Gasteiger partial charge in [-0.3, -0.25) is 9.10 Å². The van der Waals surface area contributed by atoms with E-state index in [1.165, 1.54) is 42.5 Å². The number of aryl methyl sites for hydroxylation is 1. The molecule has 0 spiro atoms. The third-order valence-electron chi connectivity index (χ3n) is 4.69. The Morgan fingerprint density at radius 1 is 0.938 bits per heavy atom. The van der Waals surface area contributed by atoms with Gasteiger partial charge in [0, 0.05) is 6.54 Å². The van der Waals surface area contributed by atoms with Gasteiger partial charge in [0.25, 0.3) is 10.0 Å². The third-order valence-corrected chi connectivity index (χ3v) is 7.21. The molecule has 1 N–H and O–H groups in total. The molecule has 0 radical (unpaired) electrons. The van der Waals surface area contributed by atoms with Crippen molar-refractivity contribution in [2.45, 2.75) is 17.7 Å². The van der Waals surface area contributed by atoms with E-state index in [1.54, 1.807) is 30.3 Å². The molecule has 0 saturated heterocycles. The van der Waals surface area contributed by atoms with Crippen LogP contribution in [0.2, 0.25) is 10.0 Å². The predicted octanol–water partition coefficient (Wildman–Crippen LogP) is 5.08. The number of nitrogens with one attached hydrogen (secondary N) is 1. The summed E-state index contributed by atoms with van der Waals surface area (Å²) in [6.45, 7) is -0.0808. The molecule has 3 rings (SSSR count). The molecule has 0 heterocycles. The highest BCUT2D eigenvalue weighted by molar-refractivity contribution is 7.92. The van der Waals surface area contributed by atoms with E-state index >= 15 is 0 Å². The summed E-state index contributed by atoms with van der Waals surface area (Å²) in [5.41, 5.74) is 1.18. The molecule has 0 aliphatic rings. The third kappa shape index (κ3) is 6.22. The quantitative estimate of drug-likeness (QED) is 0.422. The average molecular weight is 495 g/mol. The fourth-order valence-corrected chi connectivity index (χ4v) is 4.76. The van der Waals surface area contributed by atoms with Crippen LogP contribution < -0.4 is 9.62 Å². The van der Waals surface area contributed by atoms with Gasteiger partial charge >= 0.3 is 0 Å². The summed E-state index contributed by atoms with van der Waals surface area (Å²) in [6.07, 6.45) is 1.27. The summed E-state index contributed by atoms with van der Waals surface area (Å²) in [5, 5.41) is 3.19. The lowest BCUT2D eigenvalue weighted by Gasteiger charge is -2.24. The molecule has 5 nitrogen and oxygen atoms in total. The van der Waals surface area contributed by atoms with Crippen molar-refractivity contribution >= 4 is 44.8 Å². The Kier molecular flexibility index (Phi) is 8.12. The van der Waals surface area contributed by atoms with Crippen LogP contribution in [0, 0.1) is 5.82 Å². The Bertz CT molecular complexity index is 1170. The van der Waals surface area contributed by atoms with Crippen molar-refractivity contribution in [3.8, 4) is 0 Å². The van der Waals surface area contributed by atoms with Crippen LogP contribution in [0.15, 0.2) is 77.7 Å². The van der Waals surface area contributed by atoms with E-state index in [-0.39, 0.29) is 26.4 Å². The number of hydrogen-bond donors (Lipinski definition) is 1. The number of anilines is 1. The molecule has 9 heteroatoms. The van der Waals surface area contributed by atoms with Crippen LogP contribution in [0.3, 0.4) is 0 Å². The van der Waals surface area contributed by atoms with E-state index in [4.69, 9.17) is 23.2 Å². The van der Waals surface area contributed by atoms with Crippen LogP contribution in [0.5, 0.6) is 0 Å². The normalized spacial score (nSPS) is 11.2. The number of carbonyl (C=O) groups is 1. The predicted molar refractivity (Wildman–Crippen MR) is 125 cm³/mol. The number of hydrogen-bond acceptors (Lipinski definition) is 3. The number of nitrogens with zero attached hydrogens (tertiary/aromatic N) is 1. The molecule has 0 aromatic heterocycles. The van der Waals surface area contributed by atoms with Crippen molar-refractivity contribution in [1.82, 2.24) is 5.32 Å². The van der Waals surface area contributed by atoms with E-state index in [2.05, 4.69) is 5.32 Å². The first-order valence-electron chi connectivity index (χ1n) is 9.81. The van der Waals surface area contributed by atoms with Crippen molar-refractivity contribution in [3.63, 3.8) is 0 Å². The average Bonchev–Trinajstić information content (AvgIpc) is 2.79. The molecule has 0 aliphatic carbocycles. The number of carbonyl (C=O) groups excluding carboxylic acids is 1. The number of rotatable bonds is 9. The lowest BCUT2D eigenvalue weighted by atomic mass is 10.1. The first-order valence-corrected chi connectivity index (χ1v) is 12.0. The van der Waals surface area contributed by atoms with E-state index in [1.807, 2.05) is 0 Å². The highest BCUT2D eigenvalue weighted by Crippen LogP contribution is 2.30. The van der Waals surface area contributed by atoms with Gasteiger partial charge in [0.1, 0.15) is 12.4 Å². The summed E-state index contributed by atoms with van der Waals surface area (Å²) >= 11 is 12.0. The van der Waals surface area contributed by atoms with Gasteiger partial charge in [0.15, 0.2) is 0 Å². The summed E-state index contributed by atoms with van der Waals surface area (Å²) in [6, 6.07) is 18.4. The molecule has 3 aromatic rings. The molecule has 1 amide bonds. The van der Waals surface area contributed by atoms with Crippen LogP contribution in [-0.2, 0) is 21.2 Å². The number of halogens is 3. The van der Waals surface area contributed by atoms with Crippen molar-refractivity contribution in [1.29, 1.82) is 0 Å². The first kappa shape index (κ1) is 24.0. The zero-order valence-corrected chi connectivity index (χ0v) is 19.3. The van der Waals surface area contributed by atoms with E-state index in [9.17, 15) is 17.6 Å². The Hall–Kier alpha value is -2.61. The smallest absolute Gasteiger partial charge is 0.264 e. The van der Waals surface area contributed by atoms with Crippen molar-refractivity contribution in [2.75, 3.05) is 17.4 Å². The van der Waals surface area contributed by atoms with Gasteiger partial charge in [-0.15, -0.1) is 0 Å². The topological polar surface area (TPSA) is 66.5 Å². The van der Waals surface area contributed by atoms with E-state index < -0.39 is 22.5 Å². The molecule has 0 atom stereocenters. The van der Waals surface area contributed by atoms with Gasteiger partial charge in [0.2, 0.25) is 5.91 Å². The fraction of sp³-hybridized carbons (Fsp3) is 0.174. The lowest BCUT2D eigenvalue weighted by molar-refractivity contribution is -0.119. The molecular weight excluding hydrogens is 474 g/mol. The molecule has 0 saturated carbocycles. The van der Waals surface area contributed by atoms with Crippen LogP contribution >= 0.6 is 23.2 Å².